The minimum absolute atomic E-state index is 0.0561. The van der Waals surface area contributed by atoms with Gasteiger partial charge in [-0.05, 0) is 44.4 Å². The number of methoxy groups -OCH3 is 2. The van der Waals surface area contributed by atoms with Gasteiger partial charge in [-0.25, -0.2) is 14.4 Å². The maximum Gasteiger partial charge on any atom is 0.338 e. The Morgan fingerprint density at radius 1 is 1.03 bits per heavy atom. The molecule has 0 aliphatic carbocycles. The number of rotatable bonds is 10. The third kappa shape index (κ3) is 6.89. The van der Waals surface area contributed by atoms with Crippen LogP contribution in [-0.4, -0.2) is 99.4 Å². The lowest BCUT2D eigenvalue weighted by molar-refractivity contribution is -0.139. The molecular formula is C27H41N5O6. The Kier molecular flexibility index (Phi) is 10.6. The van der Waals surface area contributed by atoms with E-state index in [1.807, 2.05) is 18.7 Å². The predicted molar refractivity (Wildman–Crippen MR) is 143 cm³/mol. The van der Waals surface area contributed by atoms with Crippen molar-refractivity contribution in [2.24, 2.45) is 0 Å². The van der Waals surface area contributed by atoms with Gasteiger partial charge in [-0.2, -0.15) is 0 Å². The molecule has 0 saturated carbocycles. The average Bonchev–Trinajstić information content (AvgIpc) is 3.17. The van der Waals surface area contributed by atoms with Gasteiger partial charge in [0.1, 0.15) is 11.5 Å². The Hall–Kier alpha value is -3.47. The zero-order valence-corrected chi connectivity index (χ0v) is 23.2. The molecule has 1 unspecified atom stereocenters. The molecule has 0 spiro atoms. The van der Waals surface area contributed by atoms with E-state index < -0.39 is 12.0 Å². The number of likely N-dealkylation sites (N-methyl/N-ethyl adjacent to an activating group) is 1. The number of esters is 1. The zero-order valence-electron chi connectivity index (χ0n) is 23.2. The van der Waals surface area contributed by atoms with Gasteiger partial charge in [0, 0.05) is 57.6 Å². The first-order valence-electron chi connectivity index (χ1n) is 13.3. The number of nitrogens with zero attached hydrogens (tertiary/aromatic N) is 3. The van der Waals surface area contributed by atoms with Gasteiger partial charge in [0.05, 0.1) is 32.4 Å². The number of carbonyl (C=O) groups is 3. The van der Waals surface area contributed by atoms with Gasteiger partial charge in [0.25, 0.3) is 0 Å². The van der Waals surface area contributed by atoms with Crippen LogP contribution in [0, 0.1) is 0 Å². The lowest BCUT2D eigenvalue weighted by atomic mass is 9.93. The van der Waals surface area contributed by atoms with Crippen molar-refractivity contribution in [1.82, 2.24) is 25.3 Å². The van der Waals surface area contributed by atoms with E-state index in [4.69, 9.17) is 14.2 Å². The van der Waals surface area contributed by atoms with Crippen LogP contribution < -0.4 is 20.1 Å². The molecule has 1 atom stereocenters. The van der Waals surface area contributed by atoms with Crippen LogP contribution in [0.5, 0.6) is 11.5 Å². The van der Waals surface area contributed by atoms with Gasteiger partial charge in [0.2, 0.25) is 0 Å². The fourth-order valence-electron chi connectivity index (χ4n) is 4.79. The number of hydrogen-bond donors (Lipinski definition) is 2. The lowest BCUT2D eigenvalue weighted by Gasteiger charge is -2.38. The quantitative estimate of drug-likeness (QED) is 0.447. The third-order valence-corrected chi connectivity index (χ3v) is 6.73. The standard InChI is InChI=1S/C27H41N5O6/c1-6-10-28-26(34)31-12-9-11-30(13-14-31)18-22-23(25(33)38-8-3)24(29-27(35)32(22)7-2)19-15-20(36-4)17-21(16-19)37-5/h15-17,24H,6-14,18H2,1-5H3,(H,28,34)(H,29,35). The molecule has 0 bridgehead atoms. The second-order valence-corrected chi connectivity index (χ2v) is 9.20. The van der Waals surface area contributed by atoms with Gasteiger partial charge < -0.3 is 29.7 Å². The molecule has 0 aromatic heterocycles. The summed E-state index contributed by atoms with van der Waals surface area (Å²) in [6.45, 7) is 9.83. The maximum absolute atomic E-state index is 13.4. The average molecular weight is 532 g/mol. The second-order valence-electron chi connectivity index (χ2n) is 9.20. The number of ether oxygens (including phenoxy) is 3. The molecule has 4 amide bonds. The van der Waals surface area contributed by atoms with Crippen LogP contribution in [-0.2, 0) is 9.53 Å². The maximum atomic E-state index is 13.4. The van der Waals surface area contributed by atoms with Crippen molar-refractivity contribution < 1.29 is 28.6 Å². The van der Waals surface area contributed by atoms with Crippen molar-refractivity contribution in [2.45, 2.75) is 39.7 Å². The van der Waals surface area contributed by atoms with Gasteiger partial charge in [-0.3, -0.25) is 9.80 Å². The van der Waals surface area contributed by atoms with Crippen molar-refractivity contribution in [3.63, 3.8) is 0 Å². The largest absolute Gasteiger partial charge is 0.497 e. The summed E-state index contributed by atoms with van der Waals surface area (Å²) in [7, 11) is 3.10. The Morgan fingerprint density at radius 3 is 2.34 bits per heavy atom. The van der Waals surface area contributed by atoms with Crippen molar-refractivity contribution in [3.8, 4) is 11.5 Å². The smallest absolute Gasteiger partial charge is 0.338 e. The number of urea groups is 2. The lowest BCUT2D eigenvalue weighted by Crippen LogP contribution is -2.51. The molecule has 1 aromatic rings. The number of carbonyl (C=O) groups excluding carboxylic acids is 3. The molecule has 3 rings (SSSR count). The summed E-state index contributed by atoms with van der Waals surface area (Å²) in [5.41, 5.74) is 1.64. The highest BCUT2D eigenvalue weighted by molar-refractivity contribution is 5.95. The molecule has 1 saturated heterocycles. The van der Waals surface area contributed by atoms with Gasteiger partial charge in [0.15, 0.2) is 0 Å². The molecule has 0 radical (unpaired) electrons. The SMILES string of the molecule is CCCNC(=O)N1CCCN(CC2=C(C(=O)OCC)C(c3cc(OC)cc(OC)c3)NC(=O)N2CC)CC1. The van der Waals surface area contributed by atoms with Gasteiger partial charge in [-0.1, -0.05) is 6.92 Å². The number of nitrogens with one attached hydrogen (secondary N) is 2. The van der Waals surface area contributed by atoms with E-state index in [1.165, 1.54) is 0 Å². The zero-order chi connectivity index (χ0) is 27.7. The summed E-state index contributed by atoms with van der Waals surface area (Å²) in [5, 5.41) is 5.93. The van der Waals surface area contributed by atoms with Crippen LogP contribution in [0.25, 0.3) is 0 Å². The summed E-state index contributed by atoms with van der Waals surface area (Å²) >= 11 is 0. The summed E-state index contributed by atoms with van der Waals surface area (Å²) in [6, 6.07) is 4.21. The van der Waals surface area contributed by atoms with Gasteiger partial charge in [-0.15, -0.1) is 0 Å². The summed E-state index contributed by atoms with van der Waals surface area (Å²) in [5.74, 6) is 0.610. The minimum Gasteiger partial charge on any atom is -0.497 e. The molecular weight excluding hydrogens is 490 g/mol. The topological polar surface area (TPSA) is 113 Å². The van der Waals surface area contributed by atoms with Crippen molar-refractivity contribution in [2.75, 3.05) is 66.6 Å². The molecule has 2 aliphatic heterocycles. The van der Waals surface area contributed by atoms with E-state index in [9.17, 15) is 14.4 Å². The fraction of sp³-hybridized carbons (Fsp3) is 0.593. The Balaban J connectivity index is 1.99. The van der Waals surface area contributed by atoms with Crippen LogP contribution in [0.4, 0.5) is 9.59 Å². The Morgan fingerprint density at radius 2 is 1.74 bits per heavy atom. The first kappa shape index (κ1) is 29.1. The van der Waals surface area contributed by atoms with Crippen molar-refractivity contribution in [3.05, 3.63) is 35.0 Å². The normalized spacial score (nSPS) is 18.6. The molecule has 11 nitrogen and oxygen atoms in total. The van der Waals surface area contributed by atoms with Crippen molar-refractivity contribution >= 4 is 18.0 Å². The van der Waals surface area contributed by atoms with E-state index in [0.717, 1.165) is 19.4 Å². The number of amides is 4. The van der Waals surface area contributed by atoms with Crippen LogP contribution in [0.2, 0.25) is 0 Å². The Labute approximate surface area is 225 Å². The number of benzene rings is 1. The van der Waals surface area contributed by atoms with Gasteiger partial charge >= 0.3 is 18.0 Å². The molecule has 2 aliphatic rings. The Bertz CT molecular complexity index is 1010. The number of hydrogen-bond acceptors (Lipinski definition) is 7. The monoisotopic (exact) mass is 531 g/mol. The molecule has 1 fully saturated rings. The summed E-state index contributed by atoms with van der Waals surface area (Å²) < 4.78 is 16.4. The van der Waals surface area contributed by atoms with Crippen LogP contribution in [0.1, 0.15) is 45.2 Å². The van der Waals surface area contributed by atoms with E-state index in [1.54, 1.807) is 44.2 Å². The highest BCUT2D eigenvalue weighted by Crippen LogP contribution is 2.35. The molecule has 210 valence electrons. The first-order chi connectivity index (χ1) is 18.4. The van der Waals surface area contributed by atoms with E-state index in [2.05, 4.69) is 15.5 Å². The molecule has 11 heteroatoms. The molecule has 1 aromatic carbocycles. The van der Waals surface area contributed by atoms with E-state index in [0.29, 0.717) is 67.6 Å². The van der Waals surface area contributed by atoms with Crippen LogP contribution in [0.15, 0.2) is 29.5 Å². The predicted octanol–water partition coefficient (Wildman–Crippen LogP) is 2.73. The highest BCUT2D eigenvalue weighted by atomic mass is 16.5. The fourth-order valence-corrected chi connectivity index (χ4v) is 4.79. The summed E-state index contributed by atoms with van der Waals surface area (Å²) in [6.07, 6.45) is 1.67. The molecule has 38 heavy (non-hydrogen) atoms. The van der Waals surface area contributed by atoms with Crippen LogP contribution >= 0.6 is 0 Å². The van der Waals surface area contributed by atoms with Crippen molar-refractivity contribution in [1.29, 1.82) is 0 Å². The molecule has 2 heterocycles. The van der Waals surface area contributed by atoms with Crippen LogP contribution in [0.3, 0.4) is 0 Å². The summed E-state index contributed by atoms with van der Waals surface area (Å²) in [4.78, 5) is 44.8. The minimum atomic E-state index is -0.744. The highest BCUT2D eigenvalue weighted by Gasteiger charge is 2.39. The van der Waals surface area contributed by atoms with E-state index >= 15 is 0 Å². The first-order valence-corrected chi connectivity index (χ1v) is 13.3. The second kappa shape index (κ2) is 13.9. The van der Waals surface area contributed by atoms with E-state index in [-0.39, 0.29) is 18.7 Å². The third-order valence-electron chi connectivity index (χ3n) is 6.73. The molecule has 2 N–H and O–H groups in total.